The van der Waals surface area contributed by atoms with Gasteiger partial charge in [0, 0.05) is 53.6 Å². The smallest absolute Gasteiger partial charge is 0.267 e. The zero-order chi connectivity index (χ0) is 29.0. The molecule has 2 N–H and O–H groups in total. The molecule has 0 saturated heterocycles. The Morgan fingerprint density at radius 2 is 1.63 bits per heavy atom. The molecule has 41 heavy (non-hydrogen) atoms. The van der Waals surface area contributed by atoms with Gasteiger partial charge in [-0.3, -0.25) is 14.6 Å². The maximum Gasteiger partial charge on any atom is 0.267 e. The summed E-state index contributed by atoms with van der Waals surface area (Å²) in [6.07, 6.45) is 2.37. The lowest BCUT2D eigenvalue weighted by molar-refractivity contribution is 0.0945. The zero-order valence-electron chi connectivity index (χ0n) is 23.4. The highest BCUT2D eigenvalue weighted by atomic mass is 19.1. The second kappa shape index (κ2) is 11.8. The number of amides is 2. The van der Waals surface area contributed by atoms with E-state index in [0.29, 0.717) is 36.5 Å². The highest BCUT2D eigenvalue weighted by molar-refractivity contribution is 6.06. The van der Waals surface area contributed by atoms with Crippen LogP contribution in [0.1, 0.15) is 58.4 Å². The molecule has 0 saturated carbocycles. The number of carbonyl (C=O) groups excluding carboxylic acids is 2. The van der Waals surface area contributed by atoms with Gasteiger partial charge in [0.25, 0.3) is 11.8 Å². The lowest BCUT2D eigenvalue weighted by Crippen LogP contribution is -2.28. The van der Waals surface area contributed by atoms with Gasteiger partial charge in [0.05, 0.1) is 0 Å². The summed E-state index contributed by atoms with van der Waals surface area (Å²) in [6.45, 7) is 7.51. The number of hydrogen-bond donors (Lipinski definition) is 2. The Morgan fingerprint density at radius 1 is 0.878 bits per heavy atom. The van der Waals surface area contributed by atoms with Crippen LogP contribution in [0.4, 0.5) is 10.1 Å². The van der Waals surface area contributed by atoms with Gasteiger partial charge in [-0.05, 0) is 77.2 Å². The summed E-state index contributed by atoms with van der Waals surface area (Å²) in [5.74, 6) is -0.918. The van der Waals surface area contributed by atoms with E-state index in [4.69, 9.17) is 0 Å². The first kappa shape index (κ1) is 27.8. The van der Waals surface area contributed by atoms with Crippen LogP contribution in [0.25, 0.3) is 10.9 Å². The molecule has 208 valence electrons. The van der Waals surface area contributed by atoms with Crippen LogP contribution >= 0.6 is 0 Å². The number of benzene rings is 3. The van der Waals surface area contributed by atoms with Gasteiger partial charge in [-0.15, -0.1) is 0 Å². The first-order valence-electron chi connectivity index (χ1n) is 13.6. The van der Waals surface area contributed by atoms with Gasteiger partial charge in [-0.2, -0.15) is 0 Å². The Morgan fingerprint density at radius 3 is 2.32 bits per heavy atom. The van der Waals surface area contributed by atoms with Crippen LogP contribution in [0.15, 0.2) is 97.2 Å². The Kier molecular flexibility index (Phi) is 7.97. The Balaban J connectivity index is 1.42. The van der Waals surface area contributed by atoms with E-state index in [1.54, 1.807) is 6.20 Å². The van der Waals surface area contributed by atoms with Gasteiger partial charge in [0.1, 0.15) is 11.5 Å². The molecule has 2 heterocycles. The second-order valence-corrected chi connectivity index (χ2v) is 11.1. The first-order chi connectivity index (χ1) is 19.7. The molecule has 0 aliphatic carbocycles. The predicted octanol–water partition coefficient (Wildman–Crippen LogP) is 6.75. The minimum atomic E-state index is -0.400. The van der Waals surface area contributed by atoms with E-state index in [0.717, 1.165) is 22.2 Å². The molecule has 0 aliphatic heterocycles. The summed E-state index contributed by atoms with van der Waals surface area (Å²) in [6, 6.07) is 27.0. The number of nitrogens with zero attached hydrogens (tertiary/aromatic N) is 2. The number of halogens is 1. The lowest BCUT2D eigenvalue weighted by atomic mass is 9.87. The number of rotatable bonds is 8. The van der Waals surface area contributed by atoms with Crippen molar-refractivity contribution >= 4 is 28.4 Å². The van der Waals surface area contributed by atoms with E-state index in [1.807, 2.05) is 47.0 Å². The highest BCUT2D eigenvalue weighted by Crippen LogP contribution is 2.27. The molecule has 5 aromatic rings. The number of pyridine rings is 1. The molecule has 2 aromatic heterocycles. The highest BCUT2D eigenvalue weighted by Gasteiger charge is 2.18. The fourth-order valence-electron chi connectivity index (χ4n) is 4.75. The largest absolute Gasteiger partial charge is 0.350 e. The molecule has 5 rings (SSSR count). The quantitative estimate of drug-likeness (QED) is 0.225. The van der Waals surface area contributed by atoms with E-state index in [9.17, 15) is 14.0 Å². The van der Waals surface area contributed by atoms with Crippen LogP contribution < -0.4 is 10.6 Å². The van der Waals surface area contributed by atoms with Gasteiger partial charge < -0.3 is 15.2 Å². The van der Waals surface area contributed by atoms with E-state index in [-0.39, 0.29) is 17.2 Å². The van der Waals surface area contributed by atoms with Crippen molar-refractivity contribution in [3.05, 3.63) is 131 Å². The molecule has 6 nitrogen and oxygen atoms in total. The topological polar surface area (TPSA) is 76.0 Å². The van der Waals surface area contributed by atoms with Gasteiger partial charge in [0.15, 0.2) is 0 Å². The molecule has 0 radical (unpaired) electrons. The summed E-state index contributed by atoms with van der Waals surface area (Å²) >= 11 is 0. The molecule has 0 spiro atoms. The van der Waals surface area contributed by atoms with Crippen molar-refractivity contribution in [1.82, 2.24) is 14.9 Å². The minimum absolute atomic E-state index is 0.0477. The van der Waals surface area contributed by atoms with Crippen molar-refractivity contribution in [2.24, 2.45) is 0 Å². The van der Waals surface area contributed by atoms with Gasteiger partial charge >= 0.3 is 0 Å². The number of anilines is 1. The van der Waals surface area contributed by atoms with Crippen LogP contribution in [0.3, 0.4) is 0 Å². The van der Waals surface area contributed by atoms with Crippen molar-refractivity contribution in [1.29, 1.82) is 0 Å². The summed E-state index contributed by atoms with van der Waals surface area (Å²) in [5.41, 5.74) is 5.62. The van der Waals surface area contributed by atoms with Crippen LogP contribution in [-0.2, 0) is 18.4 Å². The van der Waals surface area contributed by atoms with E-state index in [2.05, 4.69) is 60.7 Å². The predicted molar refractivity (Wildman–Crippen MR) is 161 cm³/mol. The second-order valence-electron chi connectivity index (χ2n) is 11.1. The minimum Gasteiger partial charge on any atom is -0.350 e. The Hall–Kier alpha value is -4.78. The third-order valence-electron chi connectivity index (χ3n) is 7.05. The number of aromatic nitrogens is 2. The van der Waals surface area contributed by atoms with E-state index in [1.165, 1.54) is 29.8 Å². The number of carbonyl (C=O) groups is 2. The zero-order valence-corrected chi connectivity index (χ0v) is 23.4. The first-order valence-corrected chi connectivity index (χ1v) is 13.6. The molecule has 0 atom stereocenters. The molecule has 2 amide bonds. The number of hydrogen-bond acceptors (Lipinski definition) is 3. The molecule has 0 unspecified atom stereocenters. The van der Waals surface area contributed by atoms with Crippen LogP contribution in [0.5, 0.6) is 0 Å². The van der Waals surface area contributed by atoms with Crippen molar-refractivity contribution < 1.29 is 14.0 Å². The fourth-order valence-corrected chi connectivity index (χ4v) is 4.75. The van der Waals surface area contributed by atoms with Gasteiger partial charge in [0.2, 0.25) is 0 Å². The molecular formula is C34H33FN4O2. The van der Waals surface area contributed by atoms with Crippen molar-refractivity contribution in [2.75, 3.05) is 11.9 Å². The molecule has 0 aliphatic rings. The van der Waals surface area contributed by atoms with Crippen LogP contribution in [-0.4, -0.2) is 27.9 Å². The molecule has 7 heteroatoms. The third kappa shape index (κ3) is 6.69. The standard InChI is InChI=1S/C34H33FN4O2/c1-34(2,3)26-11-7-23(8-12-26)22-39-30-16-15-29(38-32(40)24-9-13-27(35)14-10-24)20-25(30)21-31(39)33(41)37-19-17-28-6-4-5-18-36-28/h4-16,18,20-21H,17,19,22H2,1-3H3,(H,37,41)(H,38,40). The van der Waals surface area contributed by atoms with E-state index < -0.39 is 5.82 Å². The molecular weight excluding hydrogens is 515 g/mol. The normalized spacial score (nSPS) is 11.4. The summed E-state index contributed by atoms with van der Waals surface area (Å²) in [4.78, 5) is 30.5. The summed E-state index contributed by atoms with van der Waals surface area (Å²) in [7, 11) is 0. The molecule has 0 fully saturated rings. The SMILES string of the molecule is CC(C)(C)c1ccc(Cn2c(C(=O)NCCc3ccccn3)cc3cc(NC(=O)c4ccc(F)cc4)ccc32)cc1. The van der Waals surface area contributed by atoms with Gasteiger partial charge in [-0.1, -0.05) is 51.1 Å². The van der Waals surface area contributed by atoms with Crippen molar-refractivity contribution in [3.8, 4) is 0 Å². The average Bonchev–Trinajstić information content (AvgIpc) is 3.31. The lowest BCUT2D eigenvalue weighted by Gasteiger charge is -2.19. The maximum atomic E-state index is 13.4. The van der Waals surface area contributed by atoms with Crippen LogP contribution in [0.2, 0.25) is 0 Å². The molecule has 3 aromatic carbocycles. The Bertz CT molecular complexity index is 1670. The van der Waals surface area contributed by atoms with Crippen LogP contribution in [0, 0.1) is 5.82 Å². The monoisotopic (exact) mass is 548 g/mol. The third-order valence-corrected chi connectivity index (χ3v) is 7.05. The summed E-state index contributed by atoms with van der Waals surface area (Å²) < 4.78 is 15.3. The average molecular weight is 549 g/mol. The van der Waals surface area contributed by atoms with Gasteiger partial charge in [-0.25, -0.2) is 4.39 Å². The fraction of sp³-hybridized carbons (Fsp3) is 0.206. The molecule has 0 bridgehead atoms. The van der Waals surface area contributed by atoms with Crippen molar-refractivity contribution in [3.63, 3.8) is 0 Å². The van der Waals surface area contributed by atoms with E-state index >= 15 is 0 Å². The maximum absolute atomic E-state index is 13.4. The Labute approximate surface area is 239 Å². The number of fused-ring (bicyclic) bond motifs is 1. The number of nitrogens with one attached hydrogen (secondary N) is 2. The summed E-state index contributed by atoms with van der Waals surface area (Å²) in [5, 5.41) is 6.73. The van der Waals surface area contributed by atoms with Crippen molar-refractivity contribution in [2.45, 2.75) is 39.2 Å².